The van der Waals surface area contributed by atoms with Gasteiger partial charge in [-0.3, -0.25) is 4.79 Å². The topological polar surface area (TPSA) is 50.4 Å². The van der Waals surface area contributed by atoms with Crippen LogP contribution >= 0.6 is 0 Å². The van der Waals surface area contributed by atoms with E-state index in [9.17, 15) is 4.79 Å². The number of ether oxygens (including phenoxy) is 1. The van der Waals surface area contributed by atoms with Gasteiger partial charge in [0, 0.05) is 12.3 Å². The first-order chi connectivity index (χ1) is 8.75. The smallest absolute Gasteiger partial charge is 0.239 e. The lowest BCUT2D eigenvalue weighted by molar-refractivity contribution is -0.120. The quantitative estimate of drug-likeness (QED) is 0.835. The Morgan fingerprint density at radius 1 is 1.44 bits per heavy atom. The molecule has 98 valence electrons. The van der Waals surface area contributed by atoms with E-state index in [1.54, 1.807) is 0 Å². The molecular formula is C14H20N2O2. The minimum atomic E-state index is 0.00172. The summed E-state index contributed by atoms with van der Waals surface area (Å²) in [6, 6.07) is 9.79. The van der Waals surface area contributed by atoms with Crippen molar-refractivity contribution in [1.82, 2.24) is 5.32 Å². The third kappa shape index (κ3) is 3.74. The average Bonchev–Trinajstić information content (AvgIpc) is 2.91. The Balaban J connectivity index is 1.71. The SMILES string of the molecule is CC(NC(=O)CNc1ccccc1)C1CCCO1. The maximum atomic E-state index is 11.8. The van der Waals surface area contributed by atoms with Gasteiger partial charge in [0.2, 0.25) is 5.91 Å². The Morgan fingerprint density at radius 3 is 2.89 bits per heavy atom. The predicted molar refractivity (Wildman–Crippen MR) is 71.5 cm³/mol. The van der Waals surface area contributed by atoms with E-state index < -0.39 is 0 Å². The lowest BCUT2D eigenvalue weighted by atomic mass is 10.1. The molecule has 18 heavy (non-hydrogen) atoms. The van der Waals surface area contributed by atoms with E-state index in [1.807, 2.05) is 37.3 Å². The average molecular weight is 248 g/mol. The van der Waals surface area contributed by atoms with Gasteiger partial charge in [-0.25, -0.2) is 0 Å². The molecule has 1 aromatic carbocycles. The molecule has 0 bridgehead atoms. The summed E-state index contributed by atoms with van der Waals surface area (Å²) in [5.74, 6) is 0.00172. The van der Waals surface area contributed by atoms with Crippen molar-refractivity contribution in [3.63, 3.8) is 0 Å². The van der Waals surface area contributed by atoms with Crippen LogP contribution in [0.4, 0.5) is 5.69 Å². The van der Waals surface area contributed by atoms with E-state index in [0.717, 1.165) is 25.1 Å². The number of rotatable bonds is 5. The molecular weight excluding hydrogens is 228 g/mol. The van der Waals surface area contributed by atoms with E-state index in [2.05, 4.69) is 10.6 Å². The lowest BCUT2D eigenvalue weighted by Gasteiger charge is -2.20. The van der Waals surface area contributed by atoms with Crippen LogP contribution in [0.5, 0.6) is 0 Å². The van der Waals surface area contributed by atoms with E-state index >= 15 is 0 Å². The van der Waals surface area contributed by atoms with Crippen LogP contribution in [0.25, 0.3) is 0 Å². The molecule has 0 aromatic heterocycles. The lowest BCUT2D eigenvalue weighted by Crippen LogP contribution is -2.43. The second-order valence-corrected chi connectivity index (χ2v) is 4.63. The monoisotopic (exact) mass is 248 g/mol. The molecule has 1 aliphatic rings. The highest BCUT2D eigenvalue weighted by Gasteiger charge is 2.23. The maximum absolute atomic E-state index is 11.8. The van der Waals surface area contributed by atoms with Crippen molar-refractivity contribution < 1.29 is 9.53 Å². The van der Waals surface area contributed by atoms with Crippen molar-refractivity contribution in [2.75, 3.05) is 18.5 Å². The highest BCUT2D eigenvalue weighted by atomic mass is 16.5. The Hall–Kier alpha value is -1.55. The van der Waals surface area contributed by atoms with Gasteiger partial charge in [-0.2, -0.15) is 0 Å². The summed E-state index contributed by atoms with van der Waals surface area (Å²) in [5.41, 5.74) is 0.956. The third-order valence-corrected chi connectivity index (χ3v) is 3.14. The largest absolute Gasteiger partial charge is 0.376 e. The molecule has 2 atom stereocenters. The molecule has 4 heteroatoms. The molecule has 1 aliphatic heterocycles. The minimum absolute atomic E-state index is 0.00172. The summed E-state index contributed by atoms with van der Waals surface area (Å²) in [4.78, 5) is 11.8. The van der Waals surface area contributed by atoms with Crippen molar-refractivity contribution in [3.05, 3.63) is 30.3 Å². The summed E-state index contributed by atoms with van der Waals surface area (Å²) in [6.07, 6.45) is 2.30. The molecule has 1 amide bonds. The van der Waals surface area contributed by atoms with Crippen molar-refractivity contribution >= 4 is 11.6 Å². The molecule has 2 rings (SSSR count). The summed E-state index contributed by atoms with van der Waals surface area (Å²) in [5, 5.41) is 6.05. The second kappa shape index (κ2) is 6.40. The number of carbonyl (C=O) groups excluding carboxylic acids is 1. The van der Waals surface area contributed by atoms with Crippen molar-refractivity contribution in [3.8, 4) is 0 Å². The van der Waals surface area contributed by atoms with Gasteiger partial charge < -0.3 is 15.4 Å². The number of hydrogen-bond donors (Lipinski definition) is 2. The molecule has 1 saturated heterocycles. The first-order valence-electron chi connectivity index (χ1n) is 6.45. The van der Waals surface area contributed by atoms with E-state index in [4.69, 9.17) is 4.74 Å². The van der Waals surface area contributed by atoms with Gasteiger partial charge in [0.25, 0.3) is 0 Å². The summed E-state index contributed by atoms with van der Waals surface area (Å²) < 4.78 is 5.54. The van der Waals surface area contributed by atoms with E-state index in [0.29, 0.717) is 6.54 Å². The van der Waals surface area contributed by atoms with Gasteiger partial charge in [0.15, 0.2) is 0 Å². The normalized spacial score (nSPS) is 20.4. The van der Waals surface area contributed by atoms with Crippen LogP contribution in [-0.4, -0.2) is 31.2 Å². The van der Waals surface area contributed by atoms with Gasteiger partial charge in [-0.05, 0) is 31.9 Å². The van der Waals surface area contributed by atoms with Crippen LogP contribution in [0, 0.1) is 0 Å². The minimum Gasteiger partial charge on any atom is -0.376 e. The molecule has 1 heterocycles. The first-order valence-corrected chi connectivity index (χ1v) is 6.45. The molecule has 0 aliphatic carbocycles. The predicted octanol–water partition coefficient (Wildman–Crippen LogP) is 1.78. The number of amides is 1. The summed E-state index contributed by atoms with van der Waals surface area (Å²) >= 11 is 0. The Bertz CT molecular complexity index is 375. The molecule has 1 fully saturated rings. The second-order valence-electron chi connectivity index (χ2n) is 4.63. The van der Waals surface area contributed by atoms with Gasteiger partial charge in [-0.15, -0.1) is 0 Å². The fourth-order valence-corrected chi connectivity index (χ4v) is 2.13. The van der Waals surface area contributed by atoms with Crippen molar-refractivity contribution in [2.24, 2.45) is 0 Å². The number of carbonyl (C=O) groups is 1. The number of anilines is 1. The van der Waals surface area contributed by atoms with E-state index in [-0.39, 0.29) is 18.1 Å². The van der Waals surface area contributed by atoms with Crippen LogP contribution in [0.15, 0.2) is 30.3 Å². The fraction of sp³-hybridized carbons (Fsp3) is 0.500. The van der Waals surface area contributed by atoms with Crippen LogP contribution in [-0.2, 0) is 9.53 Å². The number of para-hydroxylation sites is 1. The van der Waals surface area contributed by atoms with Crippen LogP contribution in [0.2, 0.25) is 0 Å². The summed E-state index contributed by atoms with van der Waals surface area (Å²) in [6.45, 7) is 3.10. The number of nitrogens with one attached hydrogen (secondary N) is 2. The van der Waals surface area contributed by atoms with Crippen LogP contribution in [0.1, 0.15) is 19.8 Å². The van der Waals surface area contributed by atoms with Gasteiger partial charge in [0.1, 0.15) is 0 Å². The van der Waals surface area contributed by atoms with Gasteiger partial charge >= 0.3 is 0 Å². The fourth-order valence-electron chi connectivity index (χ4n) is 2.13. The maximum Gasteiger partial charge on any atom is 0.239 e. The number of hydrogen-bond acceptors (Lipinski definition) is 3. The van der Waals surface area contributed by atoms with Crippen LogP contribution < -0.4 is 10.6 Å². The molecule has 0 radical (unpaired) electrons. The zero-order valence-corrected chi connectivity index (χ0v) is 10.7. The molecule has 2 N–H and O–H groups in total. The molecule has 0 spiro atoms. The molecule has 2 unspecified atom stereocenters. The highest BCUT2D eigenvalue weighted by Crippen LogP contribution is 2.15. The van der Waals surface area contributed by atoms with Crippen LogP contribution in [0.3, 0.4) is 0 Å². The van der Waals surface area contributed by atoms with E-state index in [1.165, 1.54) is 0 Å². The third-order valence-electron chi connectivity index (χ3n) is 3.14. The molecule has 0 saturated carbocycles. The molecule has 1 aromatic rings. The standard InChI is InChI=1S/C14H20N2O2/c1-11(13-8-5-9-18-13)16-14(17)10-15-12-6-3-2-4-7-12/h2-4,6-7,11,13,15H,5,8-10H2,1H3,(H,16,17). The van der Waals surface area contributed by atoms with Gasteiger partial charge in [-0.1, -0.05) is 18.2 Å². The first kappa shape index (κ1) is 12.9. The highest BCUT2D eigenvalue weighted by molar-refractivity contribution is 5.80. The zero-order chi connectivity index (χ0) is 12.8. The van der Waals surface area contributed by atoms with Crippen molar-refractivity contribution in [1.29, 1.82) is 0 Å². The Morgan fingerprint density at radius 2 is 2.22 bits per heavy atom. The summed E-state index contributed by atoms with van der Waals surface area (Å²) in [7, 11) is 0. The Kier molecular flexibility index (Phi) is 4.59. The zero-order valence-electron chi connectivity index (χ0n) is 10.7. The van der Waals surface area contributed by atoms with Gasteiger partial charge in [0.05, 0.1) is 18.7 Å². The number of benzene rings is 1. The Labute approximate surface area is 108 Å². The molecule has 4 nitrogen and oxygen atoms in total. The van der Waals surface area contributed by atoms with Crippen molar-refractivity contribution in [2.45, 2.75) is 31.9 Å².